The number of benzene rings is 1. The van der Waals surface area contributed by atoms with Crippen molar-refractivity contribution in [1.82, 2.24) is 14.8 Å². The van der Waals surface area contributed by atoms with Gasteiger partial charge in [0.1, 0.15) is 0 Å². The van der Waals surface area contributed by atoms with E-state index in [0.29, 0.717) is 31.6 Å². The van der Waals surface area contributed by atoms with E-state index in [4.69, 9.17) is 0 Å². The summed E-state index contributed by atoms with van der Waals surface area (Å²) in [4.78, 5) is 33.3. The van der Waals surface area contributed by atoms with Gasteiger partial charge < -0.3 is 15.1 Å². The third-order valence-electron chi connectivity index (χ3n) is 5.65. The average molecular weight is 378 g/mol. The fraction of sp³-hybridized carbons (Fsp3) is 0.409. The lowest BCUT2D eigenvalue weighted by molar-refractivity contribution is -0.130. The lowest BCUT2D eigenvalue weighted by Gasteiger charge is -2.37. The molecule has 0 spiro atoms. The number of likely N-dealkylation sites (tertiary alicyclic amines) is 2. The van der Waals surface area contributed by atoms with Crippen LogP contribution in [0.5, 0.6) is 0 Å². The lowest BCUT2D eigenvalue weighted by atomic mass is 10.0. The van der Waals surface area contributed by atoms with Crippen LogP contribution in [0.3, 0.4) is 0 Å². The summed E-state index contributed by atoms with van der Waals surface area (Å²) < 4.78 is 0. The Morgan fingerprint density at radius 1 is 1.07 bits per heavy atom. The summed E-state index contributed by atoms with van der Waals surface area (Å²) in [5.74, 6) is 0.323. The first-order valence-corrected chi connectivity index (χ1v) is 10.0. The van der Waals surface area contributed by atoms with Crippen molar-refractivity contribution in [3.05, 3.63) is 59.9 Å². The third kappa shape index (κ3) is 4.01. The second-order valence-electron chi connectivity index (χ2n) is 7.43. The van der Waals surface area contributed by atoms with Crippen molar-refractivity contribution in [3.8, 4) is 0 Å². The Kier molecular flexibility index (Phi) is 5.55. The van der Waals surface area contributed by atoms with Crippen molar-refractivity contribution in [1.29, 1.82) is 0 Å². The molecule has 0 saturated carbocycles. The molecule has 4 rings (SSSR count). The van der Waals surface area contributed by atoms with Crippen molar-refractivity contribution in [2.24, 2.45) is 0 Å². The van der Waals surface area contributed by atoms with Gasteiger partial charge in [0.15, 0.2) is 0 Å². The van der Waals surface area contributed by atoms with Crippen LogP contribution in [-0.2, 0) is 11.3 Å². The highest BCUT2D eigenvalue weighted by Gasteiger charge is 2.32. The van der Waals surface area contributed by atoms with Gasteiger partial charge in [-0.2, -0.15) is 0 Å². The van der Waals surface area contributed by atoms with E-state index in [2.05, 4.69) is 10.3 Å². The van der Waals surface area contributed by atoms with Crippen molar-refractivity contribution >= 4 is 17.5 Å². The number of piperidine rings is 1. The van der Waals surface area contributed by atoms with E-state index in [9.17, 15) is 9.59 Å². The molecular weight excluding hydrogens is 352 g/mol. The number of nitrogens with zero attached hydrogens (tertiary/aromatic N) is 3. The van der Waals surface area contributed by atoms with Crippen LogP contribution < -0.4 is 5.32 Å². The van der Waals surface area contributed by atoms with Crippen molar-refractivity contribution in [3.63, 3.8) is 0 Å². The smallest absolute Gasteiger partial charge is 0.255 e. The molecule has 0 unspecified atom stereocenters. The standard InChI is InChI=1S/C22H26N4O2/c27-21-9-5-13-26(21)18-10-14-25(15-11-18)22(28)19-7-1-2-8-20(19)24-16-17-6-3-4-12-23-17/h1-4,6-8,12,18,24H,5,9-11,13-16H2. The van der Waals surface area contributed by atoms with E-state index in [-0.39, 0.29) is 17.9 Å². The SMILES string of the molecule is O=C(c1ccccc1NCc1ccccn1)N1CCC(N2CCCC2=O)CC1. The maximum absolute atomic E-state index is 13.1. The maximum Gasteiger partial charge on any atom is 0.255 e. The number of para-hydroxylation sites is 1. The Hall–Kier alpha value is -2.89. The van der Waals surface area contributed by atoms with E-state index < -0.39 is 0 Å². The fourth-order valence-corrected chi connectivity index (χ4v) is 4.12. The van der Waals surface area contributed by atoms with Gasteiger partial charge in [-0.05, 0) is 43.5 Å². The monoisotopic (exact) mass is 378 g/mol. The van der Waals surface area contributed by atoms with Crippen LogP contribution in [0.4, 0.5) is 5.69 Å². The lowest BCUT2D eigenvalue weighted by Crippen LogP contribution is -2.47. The molecule has 2 fully saturated rings. The Labute approximate surface area is 165 Å². The van der Waals surface area contributed by atoms with Crippen LogP contribution in [0.1, 0.15) is 41.7 Å². The Morgan fingerprint density at radius 3 is 2.57 bits per heavy atom. The van der Waals surface area contributed by atoms with Gasteiger partial charge in [0.25, 0.3) is 5.91 Å². The predicted octanol–water partition coefficient (Wildman–Crippen LogP) is 2.92. The Bertz CT molecular complexity index is 831. The topological polar surface area (TPSA) is 65.5 Å². The zero-order chi connectivity index (χ0) is 19.3. The molecule has 1 aromatic carbocycles. The van der Waals surface area contributed by atoms with E-state index in [0.717, 1.165) is 37.2 Å². The van der Waals surface area contributed by atoms with Gasteiger partial charge in [0.05, 0.1) is 17.8 Å². The summed E-state index contributed by atoms with van der Waals surface area (Å²) in [5.41, 5.74) is 2.45. The first-order valence-electron chi connectivity index (χ1n) is 10.0. The highest BCUT2D eigenvalue weighted by molar-refractivity contribution is 5.99. The van der Waals surface area contributed by atoms with E-state index in [1.807, 2.05) is 52.3 Å². The van der Waals surface area contributed by atoms with Gasteiger partial charge in [0.2, 0.25) is 5.91 Å². The number of nitrogens with one attached hydrogen (secondary N) is 1. The fourth-order valence-electron chi connectivity index (χ4n) is 4.12. The van der Waals surface area contributed by atoms with E-state index in [1.165, 1.54) is 0 Å². The molecule has 6 nitrogen and oxygen atoms in total. The zero-order valence-corrected chi connectivity index (χ0v) is 16.0. The quantitative estimate of drug-likeness (QED) is 0.869. The van der Waals surface area contributed by atoms with Gasteiger partial charge in [-0.15, -0.1) is 0 Å². The number of hydrogen-bond donors (Lipinski definition) is 1. The minimum absolute atomic E-state index is 0.0512. The molecule has 28 heavy (non-hydrogen) atoms. The summed E-state index contributed by atoms with van der Waals surface area (Å²) in [7, 11) is 0. The van der Waals surface area contributed by atoms with Crippen LogP contribution in [0, 0.1) is 0 Å². The molecule has 0 radical (unpaired) electrons. The number of rotatable bonds is 5. The molecule has 0 aliphatic carbocycles. The van der Waals surface area contributed by atoms with Crippen LogP contribution in [0.15, 0.2) is 48.7 Å². The number of pyridine rings is 1. The molecule has 2 saturated heterocycles. The van der Waals surface area contributed by atoms with Gasteiger partial charge in [0, 0.05) is 44.0 Å². The molecule has 2 amide bonds. The molecule has 3 heterocycles. The van der Waals surface area contributed by atoms with Gasteiger partial charge in [-0.25, -0.2) is 0 Å². The molecule has 0 atom stereocenters. The number of carbonyl (C=O) groups excluding carboxylic acids is 2. The number of hydrogen-bond acceptors (Lipinski definition) is 4. The summed E-state index contributed by atoms with van der Waals surface area (Å²) in [6, 6.07) is 13.7. The average Bonchev–Trinajstić information content (AvgIpc) is 3.19. The van der Waals surface area contributed by atoms with Gasteiger partial charge in [-0.3, -0.25) is 14.6 Å². The molecule has 2 aromatic rings. The summed E-state index contributed by atoms with van der Waals surface area (Å²) >= 11 is 0. The summed E-state index contributed by atoms with van der Waals surface area (Å²) in [6.45, 7) is 2.84. The highest BCUT2D eigenvalue weighted by atomic mass is 16.2. The first-order chi connectivity index (χ1) is 13.7. The summed E-state index contributed by atoms with van der Waals surface area (Å²) in [6.07, 6.45) is 5.13. The van der Waals surface area contributed by atoms with Gasteiger partial charge in [-0.1, -0.05) is 18.2 Å². The molecule has 146 valence electrons. The molecule has 0 bridgehead atoms. The molecule has 1 N–H and O–H groups in total. The Balaban J connectivity index is 1.39. The maximum atomic E-state index is 13.1. The zero-order valence-electron chi connectivity index (χ0n) is 16.0. The summed E-state index contributed by atoms with van der Waals surface area (Å²) in [5, 5.41) is 3.35. The number of carbonyl (C=O) groups is 2. The van der Waals surface area contributed by atoms with Crippen LogP contribution in [-0.4, -0.2) is 52.3 Å². The van der Waals surface area contributed by atoms with Crippen LogP contribution in [0.2, 0.25) is 0 Å². The van der Waals surface area contributed by atoms with Crippen molar-refractivity contribution in [2.75, 3.05) is 25.0 Å². The van der Waals surface area contributed by atoms with Crippen LogP contribution >= 0.6 is 0 Å². The van der Waals surface area contributed by atoms with E-state index in [1.54, 1.807) is 6.20 Å². The van der Waals surface area contributed by atoms with E-state index >= 15 is 0 Å². The second-order valence-corrected chi connectivity index (χ2v) is 7.43. The Morgan fingerprint density at radius 2 is 1.86 bits per heavy atom. The minimum Gasteiger partial charge on any atom is -0.379 e. The molecule has 2 aliphatic rings. The molecule has 2 aliphatic heterocycles. The molecule has 6 heteroatoms. The highest BCUT2D eigenvalue weighted by Crippen LogP contribution is 2.25. The van der Waals surface area contributed by atoms with Gasteiger partial charge >= 0.3 is 0 Å². The number of anilines is 1. The van der Waals surface area contributed by atoms with Crippen molar-refractivity contribution in [2.45, 2.75) is 38.3 Å². The molecular formula is C22H26N4O2. The minimum atomic E-state index is 0.0512. The largest absolute Gasteiger partial charge is 0.379 e. The predicted molar refractivity (Wildman–Crippen MR) is 108 cm³/mol. The normalized spacial score (nSPS) is 17.8. The first kappa shape index (κ1) is 18.5. The third-order valence-corrected chi connectivity index (χ3v) is 5.65. The molecule has 1 aromatic heterocycles. The number of amides is 2. The van der Waals surface area contributed by atoms with Crippen LogP contribution in [0.25, 0.3) is 0 Å². The second kappa shape index (κ2) is 8.42. The van der Waals surface area contributed by atoms with Crippen molar-refractivity contribution < 1.29 is 9.59 Å². The number of aromatic nitrogens is 1.